The Kier molecular flexibility index (Phi) is 6.58. The van der Waals surface area contributed by atoms with Crippen LogP contribution in [0.15, 0.2) is 47.1 Å². The quantitative estimate of drug-likeness (QED) is 0.665. The summed E-state index contributed by atoms with van der Waals surface area (Å²) in [6.07, 6.45) is 1.36. The van der Waals surface area contributed by atoms with Crippen LogP contribution in [0.1, 0.15) is 17.5 Å². The SMILES string of the molecule is CCOc1ccc(NC(=O)CNC(=O)CNC(=O)c2ccco2)cc1. The number of anilines is 1. The average Bonchev–Trinajstić information content (AvgIpc) is 3.14. The molecule has 0 aliphatic rings. The van der Waals surface area contributed by atoms with E-state index in [4.69, 9.17) is 9.15 Å². The molecule has 1 heterocycles. The van der Waals surface area contributed by atoms with E-state index in [2.05, 4.69) is 16.0 Å². The van der Waals surface area contributed by atoms with Crippen molar-refractivity contribution < 1.29 is 23.5 Å². The van der Waals surface area contributed by atoms with Gasteiger partial charge >= 0.3 is 0 Å². The van der Waals surface area contributed by atoms with Gasteiger partial charge in [-0.3, -0.25) is 14.4 Å². The van der Waals surface area contributed by atoms with Crippen LogP contribution in [0, 0.1) is 0 Å². The first-order valence-electron chi connectivity index (χ1n) is 7.69. The van der Waals surface area contributed by atoms with Crippen molar-refractivity contribution >= 4 is 23.4 Å². The molecule has 2 rings (SSSR count). The van der Waals surface area contributed by atoms with Crippen LogP contribution in [0.2, 0.25) is 0 Å². The minimum absolute atomic E-state index is 0.112. The van der Waals surface area contributed by atoms with E-state index >= 15 is 0 Å². The molecule has 0 radical (unpaired) electrons. The van der Waals surface area contributed by atoms with E-state index in [-0.39, 0.29) is 24.8 Å². The molecule has 0 unspecified atom stereocenters. The summed E-state index contributed by atoms with van der Waals surface area (Å²) >= 11 is 0. The Labute approximate surface area is 144 Å². The van der Waals surface area contributed by atoms with Gasteiger partial charge in [0, 0.05) is 5.69 Å². The smallest absolute Gasteiger partial charge is 0.287 e. The minimum Gasteiger partial charge on any atom is -0.494 e. The van der Waals surface area contributed by atoms with Crippen molar-refractivity contribution in [3.63, 3.8) is 0 Å². The van der Waals surface area contributed by atoms with Crippen LogP contribution in [0.25, 0.3) is 0 Å². The summed E-state index contributed by atoms with van der Waals surface area (Å²) in [5.74, 6) is -0.544. The number of carbonyl (C=O) groups is 3. The van der Waals surface area contributed by atoms with Gasteiger partial charge in [-0.15, -0.1) is 0 Å². The lowest BCUT2D eigenvalue weighted by atomic mass is 10.3. The Morgan fingerprint density at radius 1 is 1.00 bits per heavy atom. The highest BCUT2D eigenvalue weighted by atomic mass is 16.5. The van der Waals surface area contributed by atoms with Gasteiger partial charge in [0.15, 0.2) is 5.76 Å². The molecule has 0 spiro atoms. The lowest BCUT2D eigenvalue weighted by Gasteiger charge is -2.08. The van der Waals surface area contributed by atoms with Gasteiger partial charge in [0.05, 0.1) is 26.0 Å². The van der Waals surface area contributed by atoms with Crippen LogP contribution in [0.3, 0.4) is 0 Å². The standard InChI is InChI=1S/C17H19N3O5/c1-2-24-13-7-5-12(6-8-13)20-16(22)11-18-15(21)10-19-17(23)14-4-3-9-25-14/h3-9H,2,10-11H2,1H3,(H,18,21)(H,19,23)(H,20,22). The summed E-state index contributed by atoms with van der Waals surface area (Å²) in [5.41, 5.74) is 0.592. The normalized spacial score (nSPS) is 9.96. The fraction of sp³-hybridized carbons (Fsp3) is 0.235. The minimum atomic E-state index is -0.501. The van der Waals surface area contributed by atoms with Gasteiger partial charge in [-0.1, -0.05) is 0 Å². The number of ether oxygens (including phenoxy) is 1. The van der Waals surface area contributed by atoms with Gasteiger partial charge in [0.25, 0.3) is 5.91 Å². The van der Waals surface area contributed by atoms with Crippen LogP contribution >= 0.6 is 0 Å². The zero-order chi connectivity index (χ0) is 18.1. The topological polar surface area (TPSA) is 110 Å². The number of furan rings is 1. The number of benzene rings is 1. The molecule has 8 nitrogen and oxygen atoms in total. The van der Waals surface area contributed by atoms with Gasteiger partial charge in [-0.05, 0) is 43.3 Å². The Bertz CT molecular complexity index is 710. The van der Waals surface area contributed by atoms with Gasteiger partial charge in [0.2, 0.25) is 11.8 Å². The molecular formula is C17H19N3O5. The zero-order valence-corrected chi connectivity index (χ0v) is 13.7. The second-order valence-corrected chi connectivity index (χ2v) is 4.94. The van der Waals surface area contributed by atoms with Gasteiger partial charge in [-0.25, -0.2) is 0 Å². The maximum atomic E-state index is 11.8. The fourth-order valence-electron chi connectivity index (χ4n) is 1.90. The first kappa shape index (κ1) is 18.1. The van der Waals surface area contributed by atoms with Crippen molar-refractivity contribution in [1.82, 2.24) is 10.6 Å². The number of nitrogens with one attached hydrogen (secondary N) is 3. The number of hydrogen-bond donors (Lipinski definition) is 3. The molecule has 132 valence electrons. The lowest BCUT2D eigenvalue weighted by Crippen LogP contribution is -2.40. The summed E-state index contributed by atoms with van der Waals surface area (Å²) in [5, 5.41) is 7.44. The number of hydrogen-bond acceptors (Lipinski definition) is 5. The van der Waals surface area contributed by atoms with Crippen LogP contribution in [-0.2, 0) is 9.59 Å². The molecule has 8 heteroatoms. The molecule has 0 atom stereocenters. The number of rotatable bonds is 8. The van der Waals surface area contributed by atoms with Crippen molar-refractivity contribution in [2.24, 2.45) is 0 Å². The third-order valence-electron chi connectivity index (χ3n) is 3.05. The third kappa shape index (κ3) is 6.02. The van der Waals surface area contributed by atoms with E-state index in [1.807, 2.05) is 6.92 Å². The van der Waals surface area contributed by atoms with Crippen molar-refractivity contribution in [3.05, 3.63) is 48.4 Å². The van der Waals surface area contributed by atoms with Crippen molar-refractivity contribution in [3.8, 4) is 5.75 Å². The number of carbonyl (C=O) groups excluding carboxylic acids is 3. The van der Waals surface area contributed by atoms with Gasteiger partial charge in [-0.2, -0.15) is 0 Å². The van der Waals surface area contributed by atoms with E-state index in [0.29, 0.717) is 18.0 Å². The predicted molar refractivity (Wildman–Crippen MR) is 90.3 cm³/mol. The first-order valence-corrected chi connectivity index (χ1v) is 7.69. The van der Waals surface area contributed by atoms with Gasteiger partial charge in [0.1, 0.15) is 5.75 Å². The zero-order valence-electron chi connectivity index (χ0n) is 13.7. The Morgan fingerprint density at radius 2 is 1.72 bits per heavy atom. The van der Waals surface area contributed by atoms with Gasteiger partial charge < -0.3 is 25.1 Å². The molecule has 0 aliphatic heterocycles. The molecule has 0 bridgehead atoms. The second kappa shape index (κ2) is 9.11. The molecule has 0 fully saturated rings. The van der Waals surface area contributed by atoms with Crippen LogP contribution in [0.4, 0.5) is 5.69 Å². The van der Waals surface area contributed by atoms with E-state index in [1.165, 1.54) is 12.3 Å². The molecule has 25 heavy (non-hydrogen) atoms. The number of amides is 3. The molecule has 2 aromatic rings. The molecule has 1 aromatic carbocycles. The first-order chi connectivity index (χ1) is 12.1. The highest BCUT2D eigenvalue weighted by molar-refractivity contribution is 5.96. The largest absolute Gasteiger partial charge is 0.494 e. The van der Waals surface area contributed by atoms with E-state index < -0.39 is 11.8 Å². The second-order valence-electron chi connectivity index (χ2n) is 4.94. The maximum Gasteiger partial charge on any atom is 0.287 e. The Balaban J connectivity index is 1.68. The summed E-state index contributed by atoms with van der Waals surface area (Å²) in [7, 11) is 0. The fourth-order valence-corrected chi connectivity index (χ4v) is 1.90. The monoisotopic (exact) mass is 345 g/mol. The van der Waals surface area contributed by atoms with E-state index in [1.54, 1.807) is 30.3 Å². The Hall–Kier alpha value is -3.29. The summed E-state index contributed by atoms with van der Waals surface area (Å²) < 4.78 is 10.2. The van der Waals surface area contributed by atoms with Crippen LogP contribution in [-0.4, -0.2) is 37.4 Å². The highest BCUT2D eigenvalue weighted by Gasteiger charge is 2.11. The highest BCUT2D eigenvalue weighted by Crippen LogP contribution is 2.15. The van der Waals surface area contributed by atoms with Crippen molar-refractivity contribution in [2.45, 2.75) is 6.92 Å². The molecule has 0 saturated carbocycles. The molecular weight excluding hydrogens is 326 g/mol. The van der Waals surface area contributed by atoms with Crippen molar-refractivity contribution in [2.75, 3.05) is 25.0 Å². The summed E-state index contributed by atoms with van der Waals surface area (Å²) in [4.78, 5) is 35.0. The van der Waals surface area contributed by atoms with Crippen LogP contribution < -0.4 is 20.7 Å². The Morgan fingerprint density at radius 3 is 2.36 bits per heavy atom. The molecule has 0 aliphatic carbocycles. The molecule has 0 saturated heterocycles. The van der Waals surface area contributed by atoms with E-state index in [0.717, 1.165) is 0 Å². The summed E-state index contributed by atoms with van der Waals surface area (Å²) in [6.45, 7) is 1.99. The van der Waals surface area contributed by atoms with E-state index in [9.17, 15) is 14.4 Å². The lowest BCUT2D eigenvalue weighted by molar-refractivity contribution is -0.123. The third-order valence-corrected chi connectivity index (χ3v) is 3.05. The van der Waals surface area contributed by atoms with Crippen molar-refractivity contribution in [1.29, 1.82) is 0 Å². The summed E-state index contributed by atoms with van der Waals surface area (Å²) in [6, 6.07) is 9.93. The molecule has 1 aromatic heterocycles. The predicted octanol–water partition coefficient (Wildman–Crippen LogP) is 1.16. The maximum absolute atomic E-state index is 11.8. The molecule has 3 N–H and O–H groups in total. The van der Waals surface area contributed by atoms with Crippen LogP contribution in [0.5, 0.6) is 5.75 Å². The average molecular weight is 345 g/mol. The molecule has 3 amide bonds.